The van der Waals surface area contributed by atoms with Crippen molar-refractivity contribution in [1.29, 1.82) is 0 Å². The number of thiol groups is 1. The Labute approximate surface area is 77.7 Å². The quantitative estimate of drug-likeness (QED) is 0.437. The Morgan fingerprint density at radius 1 is 1.58 bits per heavy atom. The number of hydrogen-bond donors (Lipinski definition) is 1. The highest BCUT2D eigenvalue weighted by Crippen LogP contribution is 2.29. The standard InChI is InChI=1S/C6H3ClFNO2S/c7-3-1-2-4(9(10)11)6(12)5(3)8/h1-2,12H. The third-order valence-corrected chi connectivity index (χ3v) is 1.96. The fraction of sp³-hybridized carbons (Fsp3) is 0. The first-order chi connectivity index (χ1) is 5.54. The van der Waals surface area contributed by atoms with Crippen LogP contribution in [-0.4, -0.2) is 4.92 Å². The predicted octanol–water partition coefficient (Wildman–Crippen LogP) is 2.68. The molecule has 64 valence electrons. The molecule has 0 aliphatic carbocycles. The second-order valence-electron chi connectivity index (χ2n) is 1.99. The van der Waals surface area contributed by atoms with Crippen LogP contribution in [0.15, 0.2) is 17.0 Å². The highest BCUT2D eigenvalue weighted by atomic mass is 35.5. The zero-order valence-corrected chi connectivity index (χ0v) is 7.27. The third kappa shape index (κ3) is 1.51. The van der Waals surface area contributed by atoms with Crippen LogP contribution in [0.25, 0.3) is 0 Å². The van der Waals surface area contributed by atoms with Crippen LogP contribution >= 0.6 is 24.2 Å². The van der Waals surface area contributed by atoms with E-state index in [1.54, 1.807) is 0 Å². The smallest absolute Gasteiger partial charge is 0.258 e. The van der Waals surface area contributed by atoms with Crippen LogP contribution in [0.3, 0.4) is 0 Å². The van der Waals surface area contributed by atoms with Crippen molar-refractivity contribution in [1.82, 2.24) is 0 Å². The molecule has 0 radical (unpaired) electrons. The van der Waals surface area contributed by atoms with E-state index in [1.165, 1.54) is 0 Å². The van der Waals surface area contributed by atoms with E-state index in [2.05, 4.69) is 12.6 Å². The van der Waals surface area contributed by atoms with Gasteiger partial charge in [-0.1, -0.05) is 11.6 Å². The van der Waals surface area contributed by atoms with Crippen molar-refractivity contribution in [3.8, 4) is 0 Å². The molecule has 1 rings (SSSR count). The summed E-state index contributed by atoms with van der Waals surface area (Å²) in [4.78, 5) is 9.17. The maximum Gasteiger partial charge on any atom is 0.285 e. The number of nitro groups is 1. The van der Waals surface area contributed by atoms with Crippen molar-refractivity contribution in [3.63, 3.8) is 0 Å². The minimum atomic E-state index is -0.866. The van der Waals surface area contributed by atoms with Crippen LogP contribution in [-0.2, 0) is 0 Å². The topological polar surface area (TPSA) is 43.1 Å². The molecular formula is C6H3ClFNO2S. The van der Waals surface area contributed by atoms with E-state index >= 15 is 0 Å². The molecule has 0 saturated heterocycles. The molecule has 0 bridgehead atoms. The Balaban J connectivity index is 3.36. The van der Waals surface area contributed by atoms with Crippen molar-refractivity contribution in [2.75, 3.05) is 0 Å². The number of benzene rings is 1. The van der Waals surface area contributed by atoms with Crippen LogP contribution in [0.2, 0.25) is 5.02 Å². The minimum absolute atomic E-state index is 0.175. The molecule has 0 unspecified atom stereocenters. The number of nitro benzene ring substituents is 1. The van der Waals surface area contributed by atoms with E-state index in [9.17, 15) is 14.5 Å². The number of nitrogens with zero attached hydrogens (tertiary/aromatic N) is 1. The van der Waals surface area contributed by atoms with E-state index in [1.807, 2.05) is 0 Å². The molecule has 1 aromatic carbocycles. The lowest BCUT2D eigenvalue weighted by molar-refractivity contribution is -0.388. The third-order valence-electron chi connectivity index (χ3n) is 1.24. The maximum absolute atomic E-state index is 12.8. The van der Waals surface area contributed by atoms with Gasteiger partial charge in [0, 0.05) is 6.07 Å². The Bertz CT molecular complexity index is 345. The van der Waals surface area contributed by atoms with E-state index < -0.39 is 10.7 Å². The Kier molecular flexibility index (Phi) is 2.54. The highest BCUT2D eigenvalue weighted by Gasteiger charge is 2.16. The Hall–Kier alpha value is -0.810. The molecule has 0 spiro atoms. The van der Waals surface area contributed by atoms with Gasteiger partial charge in [-0.05, 0) is 6.07 Å². The van der Waals surface area contributed by atoms with Gasteiger partial charge in [-0.15, -0.1) is 12.6 Å². The molecule has 0 aromatic heterocycles. The van der Waals surface area contributed by atoms with Crippen molar-refractivity contribution in [2.24, 2.45) is 0 Å². The summed E-state index contributed by atoms with van der Waals surface area (Å²) >= 11 is 8.96. The van der Waals surface area contributed by atoms with Gasteiger partial charge in [0.1, 0.15) is 4.90 Å². The number of hydrogen-bond acceptors (Lipinski definition) is 3. The van der Waals surface area contributed by atoms with Crippen LogP contribution < -0.4 is 0 Å². The van der Waals surface area contributed by atoms with Gasteiger partial charge < -0.3 is 0 Å². The average molecular weight is 208 g/mol. The van der Waals surface area contributed by atoms with Crippen LogP contribution in [0.1, 0.15) is 0 Å². The Morgan fingerprint density at radius 3 is 2.67 bits per heavy atom. The summed E-state index contributed by atoms with van der Waals surface area (Å²) in [6, 6.07) is 2.22. The molecule has 0 N–H and O–H groups in total. The van der Waals surface area contributed by atoms with Crippen molar-refractivity contribution < 1.29 is 9.31 Å². The first kappa shape index (κ1) is 9.28. The van der Waals surface area contributed by atoms with E-state index in [0.29, 0.717) is 0 Å². The van der Waals surface area contributed by atoms with E-state index in [0.717, 1.165) is 12.1 Å². The molecule has 0 fully saturated rings. The summed E-state index contributed by atoms with van der Waals surface area (Å²) in [5.74, 6) is -0.866. The van der Waals surface area contributed by atoms with Gasteiger partial charge in [-0.25, -0.2) is 4.39 Å². The van der Waals surface area contributed by atoms with Gasteiger partial charge >= 0.3 is 0 Å². The van der Waals surface area contributed by atoms with Gasteiger partial charge in [0.05, 0.1) is 9.95 Å². The van der Waals surface area contributed by atoms with Crippen LogP contribution in [0, 0.1) is 15.9 Å². The number of halogens is 2. The van der Waals surface area contributed by atoms with Crippen molar-refractivity contribution in [2.45, 2.75) is 4.90 Å². The lowest BCUT2D eigenvalue weighted by atomic mass is 10.3. The summed E-state index contributed by atoms with van der Waals surface area (Å²) in [5, 5.41) is 10.1. The first-order valence-electron chi connectivity index (χ1n) is 2.85. The van der Waals surface area contributed by atoms with Crippen molar-refractivity contribution >= 4 is 29.9 Å². The monoisotopic (exact) mass is 207 g/mol. The molecule has 0 saturated carbocycles. The lowest BCUT2D eigenvalue weighted by Crippen LogP contribution is -1.92. The molecule has 1 aromatic rings. The second-order valence-corrected chi connectivity index (χ2v) is 2.84. The molecule has 0 aliphatic heterocycles. The van der Waals surface area contributed by atoms with Gasteiger partial charge in [-0.2, -0.15) is 0 Å². The maximum atomic E-state index is 12.8. The van der Waals surface area contributed by atoms with Gasteiger partial charge in [0.15, 0.2) is 5.82 Å². The fourth-order valence-electron chi connectivity index (χ4n) is 0.677. The molecular weight excluding hydrogens is 205 g/mol. The zero-order valence-electron chi connectivity index (χ0n) is 5.62. The van der Waals surface area contributed by atoms with Gasteiger partial charge in [0.2, 0.25) is 0 Å². The van der Waals surface area contributed by atoms with Gasteiger partial charge in [0.25, 0.3) is 5.69 Å². The average Bonchev–Trinajstić information content (AvgIpc) is 2.00. The summed E-state index contributed by atoms with van der Waals surface area (Å²) in [6.07, 6.45) is 0. The van der Waals surface area contributed by atoms with Crippen LogP contribution in [0.4, 0.5) is 10.1 Å². The molecule has 6 heteroatoms. The molecule has 0 aliphatic rings. The Morgan fingerprint density at radius 2 is 2.17 bits per heavy atom. The molecule has 0 amide bonds. The molecule has 3 nitrogen and oxygen atoms in total. The SMILES string of the molecule is O=[N+]([O-])c1ccc(Cl)c(F)c1S. The predicted molar refractivity (Wildman–Crippen MR) is 45.3 cm³/mol. The zero-order chi connectivity index (χ0) is 9.30. The summed E-state index contributed by atoms with van der Waals surface area (Å²) in [7, 11) is 0. The first-order valence-corrected chi connectivity index (χ1v) is 3.68. The lowest BCUT2D eigenvalue weighted by Gasteiger charge is -1.98. The highest BCUT2D eigenvalue weighted by molar-refractivity contribution is 7.80. The largest absolute Gasteiger partial charge is 0.285 e. The number of rotatable bonds is 1. The summed E-state index contributed by atoms with van der Waals surface area (Å²) < 4.78 is 12.8. The van der Waals surface area contributed by atoms with Crippen LogP contribution in [0.5, 0.6) is 0 Å². The summed E-state index contributed by atoms with van der Waals surface area (Å²) in [5.41, 5.74) is -0.389. The molecule has 0 atom stereocenters. The van der Waals surface area contributed by atoms with Crippen molar-refractivity contribution in [3.05, 3.63) is 33.1 Å². The fourth-order valence-corrected chi connectivity index (χ4v) is 1.18. The van der Waals surface area contributed by atoms with E-state index in [-0.39, 0.29) is 15.6 Å². The minimum Gasteiger partial charge on any atom is -0.258 e. The molecule has 0 heterocycles. The second kappa shape index (κ2) is 3.28. The molecule has 12 heavy (non-hydrogen) atoms. The normalized spacial score (nSPS) is 9.92. The van der Waals surface area contributed by atoms with Gasteiger partial charge in [-0.3, -0.25) is 10.1 Å². The summed E-state index contributed by atoms with van der Waals surface area (Å²) in [6.45, 7) is 0. The van der Waals surface area contributed by atoms with E-state index in [4.69, 9.17) is 11.6 Å².